The Kier molecular flexibility index (Phi) is 3.76. The topological polar surface area (TPSA) is 114 Å². The van der Waals surface area contributed by atoms with E-state index in [4.69, 9.17) is 15.2 Å². The van der Waals surface area contributed by atoms with E-state index in [-0.39, 0.29) is 22.8 Å². The minimum absolute atomic E-state index is 0.00917. The molecule has 0 saturated carbocycles. The minimum Gasteiger partial charge on any atom is -0.466 e. The molecular weight excluding hydrogens is 322 g/mol. The van der Waals surface area contributed by atoms with Gasteiger partial charge in [0.25, 0.3) is 0 Å². The van der Waals surface area contributed by atoms with Crippen LogP contribution in [0.2, 0.25) is 0 Å². The molecule has 7 heteroatoms. The number of hydrogen-bond acceptors (Lipinski definition) is 6. The predicted octanol–water partition coefficient (Wildman–Crippen LogP) is 1.75. The summed E-state index contributed by atoms with van der Waals surface area (Å²) in [7, 11) is 1.22. The van der Waals surface area contributed by atoms with Crippen LogP contribution in [0.15, 0.2) is 41.0 Å². The van der Waals surface area contributed by atoms with Crippen LogP contribution < -0.4 is 11.1 Å². The number of fused-ring (bicyclic) bond motifs is 2. The van der Waals surface area contributed by atoms with Gasteiger partial charge in [-0.15, -0.1) is 0 Å². The predicted molar refractivity (Wildman–Crippen MR) is 88.7 cm³/mol. The van der Waals surface area contributed by atoms with E-state index in [1.165, 1.54) is 7.11 Å². The van der Waals surface area contributed by atoms with Crippen LogP contribution in [0.5, 0.6) is 0 Å². The first kappa shape index (κ1) is 16.6. The molecule has 1 atom stereocenters. The highest BCUT2D eigenvalue weighted by atomic mass is 16.5. The van der Waals surface area contributed by atoms with Crippen molar-refractivity contribution in [3.8, 4) is 6.07 Å². The third-order valence-corrected chi connectivity index (χ3v) is 4.59. The van der Waals surface area contributed by atoms with Gasteiger partial charge in [0.2, 0.25) is 11.8 Å². The number of ether oxygens (including phenoxy) is 2. The Hall–Kier alpha value is -3.27. The summed E-state index contributed by atoms with van der Waals surface area (Å²) < 4.78 is 10.4. The molecule has 0 saturated heterocycles. The average molecular weight is 339 g/mol. The van der Waals surface area contributed by atoms with Crippen LogP contribution in [0.1, 0.15) is 24.5 Å². The van der Waals surface area contributed by atoms with Crippen LogP contribution in [-0.4, -0.2) is 19.0 Å². The summed E-state index contributed by atoms with van der Waals surface area (Å²) in [6, 6.07) is 7.25. The molecule has 2 aliphatic rings. The SMILES string of the molecule is CCC1=C(C(=O)OC)C2(C(=O)Nc3c(C)cccc32)C(C#N)=C(N)O1. The Morgan fingerprint density at radius 1 is 1.48 bits per heavy atom. The zero-order valence-electron chi connectivity index (χ0n) is 14.1. The number of para-hydroxylation sites is 1. The second kappa shape index (κ2) is 5.67. The van der Waals surface area contributed by atoms with Gasteiger partial charge in [-0.3, -0.25) is 4.79 Å². The quantitative estimate of drug-likeness (QED) is 0.793. The van der Waals surface area contributed by atoms with Gasteiger partial charge >= 0.3 is 5.97 Å². The van der Waals surface area contributed by atoms with Crippen LogP contribution in [0.25, 0.3) is 0 Å². The second-order valence-electron chi connectivity index (χ2n) is 5.80. The minimum atomic E-state index is -1.67. The lowest BCUT2D eigenvalue weighted by Gasteiger charge is -2.34. The van der Waals surface area contributed by atoms with E-state index in [0.717, 1.165) is 5.56 Å². The van der Waals surface area contributed by atoms with Crippen molar-refractivity contribution in [1.82, 2.24) is 0 Å². The van der Waals surface area contributed by atoms with Gasteiger partial charge in [0.05, 0.1) is 7.11 Å². The largest absolute Gasteiger partial charge is 0.466 e. The van der Waals surface area contributed by atoms with E-state index in [0.29, 0.717) is 17.7 Å². The molecule has 1 spiro atoms. The fraction of sp³-hybridized carbons (Fsp3) is 0.278. The van der Waals surface area contributed by atoms with Crippen molar-refractivity contribution in [1.29, 1.82) is 5.26 Å². The summed E-state index contributed by atoms with van der Waals surface area (Å²) in [6.07, 6.45) is 0.306. The van der Waals surface area contributed by atoms with E-state index in [2.05, 4.69) is 5.32 Å². The van der Waals surface area contributed by atoms with Crippen LogP contribution >= 0.6 is 0 Å². The number of nitrogens with one attached hydrogen (secondary N) is 1. The number of benzene rings is 1. The molecule has 1 aromatic carbocycles. The first-order chi connectivity index (χ1) is 11.9. The van der Waals surface area contributed by atoms with Gasteiger partial charge < -0.3 is 20.5 Å². The number of aryl methyl sites for hydroxylation is 1. The van der Waals surface area contributed by atoms with Crippen LogP contribution in [0, 0.1) is 18.3 Å². The van der Waals surface area contributed by atoms with Crippen molar-refractivity contribution < 1.29 is 19.1 Å². The molecule has 3 rings (SSSR count). The number of rotatable bonds is 2. The molecule has 1 amide bonds. The molecule has 0 radical (unpaired) electrons. The lowest BCUT2D eigenvalue weighted by molar-refractivity contribution is -0.138. The molecule has 0 bridgehead atoms. The number of carbonyl (C=O) groups is 2. The van der Waals surface area contributed by atoms with Crippen molar-refractivity contribution >= 4 is 17.6 Å². The number of nitriles is 1. The van der Waals surface area contributed by atoms with Crippen LogP contribution in [-0.2, 0) is 24.5 Å². The molecule has 0 aromatic heterocycles. The van der Waals surface area contributed by atoms with E-state index < -0.39 is 17.3 Å². The van der Waals surface area contributed by atoms with Gasteiger partial charge in [-0.05, 0) is 12.5 Å². The van der Waals surface area contributed by atoms with E-state index in [9.17, 15) is 14.9 Å². The fourth-order valence-electron chi connectivity index (χ4n) is 3.48. The zero-order valence-corrected chi connectivity index (χ0v) is 14.1. The lowest BCUT2D eigenvalue weighted by atomic mass is 9.68. The van der Waals surface area contributed by atoms with Crippen LogP contribution in [0.3, 0.4) is 0 Å². The molecule has 25 heavy (non-hydrogen) atoms. The summed E-state index contributed by atoms with van der Waals surface area (Å²) >= 11 is 0. The number of nitrogens with zero attached hydrogens (tertiary/aromatic N) is 1. The van der Waals surface area contributed by atoms with E-state index in [1.807, 2.05) is 19.1 Å². The molecule has 3 N–H and O–H groups in total. The molecule has 1 aromatic rings. The normalized spacial score (nSPS) is 21.6. The maximum Gasteiger partial charge on any atom is 0.339 e. The van der Waals surface area contributed by atoms with Crippen molar-refractivity contribution in [2.75, 3.05) is 12.4 Å². The molecule has 0 fully saturated rings. The third-order valence-electron chi connectivity index (χ3n) is 4.59. The number of carbonyl (C=O) groups excluding carboxylic acids is 2. The summed E-state index contributed by atoms with van der Waals surface area (Å²) in [5, 5.41) is 12.5. The van der Waals surface area contributed by atoms with Gasteiger partial charge in [0, 0.05) is 17.7 Å². The number of anilines is 1. The first-order valence-corrected chi connectivity index (χ1v) is 7.75. The van der Waals surface area contributed by atoms with Crippen molar-refractivity contribution in [3.63, 3.8) is 0 Å². The molecule has 128 valence electrons. The number of allylic oxidation sites excluding steroid dienone is 1. The van der Waals surface area contributed by atoms with Gasteiger partial charge in [-0.2, -0.15) is 5.26 Å². The van der Waals surface area contributed by atoms with Crippen molar-refractivity contribution in [2.45, 2.75) is 25.7 Å². The van der Waals surface area contributed by atoms with E-state index >= 15 is 0 Å². The number of methoxy groups -OCH3 is 1. The highest BCUT2D eigenvalue weighted by Gasteiger charge is 2.60. The zero-order chi connectivity index (χ0) is 18.4. The molecule has 2 aliphatic heterocycles. The highest BCUT2D eigenvalue weighted by Crippen LogP contribution is 2.52. The number of hydrogen-bond donors (Lipinski definition) is 2. The molecule has 1 unspecified atom stereocenters. The van der Waals surface area contributed by atoms with Crippen LogP contribution in [0.4, 0.5) is 5.69 Å². The maximum absolute atomic E-state index is 13.1. The van der Waals surface area contributed by atoms with Gasteiger partial charge in [0.1, 0.15) is 23.0 Å². The standard InChI is InChI=1S/C18H17N3O4/c1-4-12-13(16(22)24-3)18(11(8-19)15(20)25-12)10-7-5-6-9(2)14(10)21-17(18)23/h5-7H,4,20H2,1-3H3,(H,21,23). The van der Waals surface area contributed by atoms with Gasteiger partial charge in [0.15, 0.2) is 5.41 Å². The average Bonchev–Trinajstić information content (AvgIpc) is 2.89. The van der Waals surface area contributed by atoms with Gasteiger partial charge in [-0.1, -0.05) is 25.1 Å². The monoisotopic (exact) mass is 339 g/mol. The summed E-state index contributed by atoms with van der Waals surface area (Å²) in [5.74, 6) is -1.23. The fourth-order valence-corrected chi connectivity index (χ4v) is 3.48. The highest BCUT2D eigenvalue weighted by molar-refractivity contribution is 6.17. The Balaban J connectivity index is 2.48. The second-order valence-corrected chi connectivity index (χ2v) is 5.80. The third kappa shape index (κ3) is 1.97. The molecule has 2 heterocycles. The number of esters is 1. The molecule has 7 nitrogen and oxygen atoms in total. The maximum atomic E-state index is 13.1. The summed E-state index contributed by atoms with van der Waals surface area (Å²) in [5.41, 5.74) is 6.01. The Morgan fingerprint density at radius 2 is 2.20 bits per heavy atom. The summed E-state index contributed by atoms with van der Waals surface area (Å²) in [4.78, 5) is 25.7. The summed E-state index contributed by atoms with van der Waals surface area (Å²) in [6.45, 7) is 3.60. The first-order valence-electron chi connectivity index (χ1n) is 7.75. The lowest BCUT2D eigenvalue weighted by Crippen LogP contribution is -2.45. The smallest absolute Gasteiger partial charge is 0.339 e. The van der Waals surface area contributed by atoms with E-state index in [1.54, 1.807) is 19.1 Å². The Morgan fingerprint density at radius 3 is 2.80 bits per heavy atom. The Bertz CT molecular complexity index is 907. The number of amides is 1. The number of nitrogens with two attached hydrogens (primary N) is 1. The molecular formula is C18H17N3O4. The van der Waals surface area contributed by atoms with Crippen molar-refractivity contribution in [2.24, 2.45) is 5.73 Å². The Labute approximate surface area is 144 Å². The molecule has 0 aliphatic carbocycles. The van der Waals surface area contributed by atoms with Crippen molar-refractivity contribution in [3.05, 3.63) is 52.1 Å². The van der Waals surface area contributed by atoms with Gasteiger partial charge in [-0.25, -0.2) is 4.79 Å².